The van der Waals surface area contributed by atoms with Crippen LogP contribution in [0.4, 0.5) is 5.69 Å². The van der Waals surface area contributed by atoms with Crippen molar-refractivity contribution in [2.24, 2.45) is 11.1 Å². The van der Waals surface area contributed by atoms with E-state index in [9.17, 15) is 9.90 Å². The number of ether oxygens (including phenoxy) is 1. The van der Waals surface area contributed by atoms with Gasteiger partial charge in [-0.15, -0.1) is 0 Å². The zero-order valence-corrected chi connectivity index (χ0v) is 12.2. The summed E-state index contributed by atoms with van der Waals surface area (Å²) in [6.45, 7) is 0.938. The number of thiocarbonyl (C=S) groups is 1. The lowest BCUT2D eigenvalue weighted by atomic mass is 9.78. The van der Waals surface area contributed by atoms with Gasteiger partial charge in [-0.2, -0.15) is 0 Å². The van der Waals surface area contributed by atoms with Gasteiger partial charge in [-0.25, -0.2) is 0 Å². The van der Waals surface area contributed by atoms with Gasteiger partial charge in [-0.3, -0.25) is 4.79 Å². The van der Waals surface area contributed by atoms with E-state index in [-0.39, 0.29) is 16.6 Å². The number of nitrogens with zero attached hydrogens (tertiary/aromatic N) is 1. The van der Waals surface area contributed by atoms with Crippen LogP contribution in [0.5, 0.6) is 5.75 Å². The first-order valence-electron chi connectivity index (χ1n) is 6.42. The number of anilines is 1. The molecule has 1 fully saturated rings. The molecule has 1 aliphatic rings. The maximum absolute atomic E-state index is 12.8. The Bertz CT molecular complexity index is 527. The summed E-state index contributed by atoms with van der Waals surface area (Å²) in [6, 6.07) is 6.53. The molecule has 108 valence electrons. The number of aromatic hydroxyl groups is 1. The third kappa shape index (κ3) is 2.62. The van der Waals surface area contributed by atoms with E-state index in [0.717, 1.165) is 0 Å². The van der Waals surface area contributed by atoms with E-state index in [0.29, 0.717) is 31.7 Å². The smallest absolute Gasteiger partial charge is 0.239 e. The van der Waals surface area contributed by atoms with Gasteiger partial charge in [-0.05, 0) is 25.0 Å². The molecule has 1 aromatic rings. The Kier molecular flexibility index (Phi) is 4.25. The molecule has 0 bridgehead atoms. The molecule has 0 aromatic heterocycles. The summed E-state index contributed by atoms with van der Waals surface area (Å²) < 4.78 is 5.30. The van der Waals surface area contributed by atoms with E-state index >= 15 is 0 Å². The summed E-state index contributed by atoms with van der Waals surface area (Å²) >= 11 is 5.12. The fraction of sp³-hybridized carbons (Fsp3) is 0.429. The van der Waals surface area contributed by atoms with Gasteiger partial charge in [0.15, 0.2) is 0 Å². The van der Waals surface area contributed by atoms with Crippen molar-refractivity contribution in [1.82, 2.24) is 0 Å². The lowest BCUT2D eigenvalue weighted by molar-refractivity contribution is -0.128. The molecule has 0 aliphatic carbocycles. The minimum Gasteiger partial charge on any atom is -0.508 e. The van der Waals surface area contributed by atoms with E-state index in [1.165, 1.54) is 11.0 Å². The molecule has 1 aliphatic heterocycles. The zero-order valence-electron chi connectivity index (χ0n) is 11.3. The lowest BCUT2D eigenvalue weighted by Gasteiger charge is -2.37. The van der Waals surface area contributed by atoms with Gasteiger partial charge in [0.2, 0.25) is 5.91 Å². The number of nitrogens with two attached hydrogens (primary N) is 1. The Morgan fingerprint density at radius 3 is 2.65 bits per heavy atom. The van der Waals surface area contributed by atoms with Crippen molar-refractivity contribution in [1.29, 1.82) is 0 Å². The van der Waals surface area contributed by atoms with Gasteiger partial charge in [0, 0.05) is 32.0 Å². The summed E-state index contributed by atoms with van der Waals surface area (Å²) in [4.78, 5) is 14.5. The third-order valence-electron chi connectivity index (χ3n) is 3.75. The van der Waals surface area contributed by atoms with E-state index in [1.807, 2.05) is 0 Å². The zero-order chi connectivity index (χ0) is 14.8. The Balaban J connectivity index is 2.30. The third-order valence-corrected chi connectivity index (χ3v) is 4.14. The monoisotopic (exact) mass is 294 g/mol. The Morgan fingerprint density at radius 2 is 2.10 bits per heavy atom. The molecule has 20 heavy (non-hydrogen) atoms. The van der Waals surface area contributed by atoms with Crippen LogP contribution in [-0.2, 0) is 9.53 Å². The predicted molar refractivity (Wildman–Crippen MR) is 80.8 cm³/mol. The molecule has 1 amide bonds. The molecule has 0 atom stereocenters. The van der Waals surface area contributed by atoms with Gasteiger partial charge >= 0.3 is 0 Å². The Morgan fingerprint density at radius 1 is 1.45 bits per heavy atom. The van der Waals surface area contributed by atoms with E-state index in [2.05, 4.69) is 0 Å². The van der Waals surface area contributed by atoms with Crippen molar-refractivity contribution < 1.29 is 14.6 Å². The predicted octanol–water partition coefficient (Wildman–Crippen LogP) is 1.44. The first kappa shape index (κ1) is 14.7. The van der Waals surface area contributed by atoms with Gasteiger partial charge in [0.25, 0.3) is 0 Å². The highest BCUT2D eigenvalue weighted by atomic mass is 32.1. The molecule has 5 nitrogen and oxygen atoms in total. The van der Waals surface area contributed by atoms with Crippen molar-refractivity contribution >= 4 is 28.8 Å². The SMILES string of the molecule is CN(C(=O)C1(C(N)=S)CCOCC1)c1cccc(O)c1. The maximum atomic E-state index is 12.8. The summed E-state index contributed by atoms with van der Waals surface area (Å²) in [5, 5.41) is 9.52. The number of hydrogen-bond donors (Lipinski definition) is 2. The summed E-state index contributed by atoms with van der Waals surface area (Å²) in [6.07, 6.45) is 0.981. The molecular weight excluding hydrogens is 276 g/mol. The van der Waals surface area contributed by atoms with E-state index in [1.54, 1.807) is 25.2 Å². The van der Waals surface area contributed by atoms with Crippen molar-refractivity contribution in [3.63, 3.8) is 0 Å². The van der Waals surface area contributed by atoms with Gasteiger partial charge in [0.1, 0.15) is 11.2 Å². The van der Waals surface area contributed by atoms with Gasteiger partial charge in [0.05, 0.1) is 4.99 Å². The number of carbonyl (C=O) groups excluding carboxylic acids is 1. The summed E-state index contributed by atoms with van der Waals surface area (Å²) in [5.41, 5.74) is 5.58. The second-order valence-corrected chi connectivity index (χ2v) is 5.38. The van der Waals surface area contributed by atoms with Crippen LogP contribution in [-0.4, -0.2) is 36.3 Å². The minimum absolute atomic E-state index is 0.110. The lowest BCUT2D eigenvalue weighted by Crippen LogP contribution is -2.52. The standard InChI is InChI=1S/C14H18N2O3S/c1-16(10-3-2-4-11(17)9-10)13(18)14(12(15)20)5-7-19-8-6-14/h2-4,9,17H,5-8H2,1H3,(H2,15,20). The quantitative estimate of drug-likeness (QED) is 0.825. The second-order valence-electron chi connectivity index (χ2n) is 4.94. The number of carbonyl (C=O) groups is 1. The van der Waals surface area contributed by atoms with Gasteiger partial charge in [-0.1, -0.05) is 18.3 Å². The van der Waals surface area contributed by atoms with Crippen molar-refractivity contribution in [3.8, 4) is 5.75 Å². The maximum Gasteiger partial charge on any atom is 0.239 e. The first-order chi connectivity index (χ1) is 9.47. The molecule has 0 radical (unpaired) electrons. The molecule has 1 saturated heterocycles. The van der Waals surface area contributed by atoms with E-state index in [4.69, 9.17) is 22.7 Å². The van der Waals surface area contributed by atoms with Crippen LogP contribution in [0.3, 0.4) is 0 Å². The summed E-state index contributed by atoms with van der Waals surface area (Å²) in [5.74, 6) is -0.0441. The van der Waals surface area contributed by atoms with Crippen LogP contribution in [0.15, 0.2) is 24.3 Å². The minimum atomic E-state index is -0.853. The molecule has 1 aromatic carbocycles. The Labute approximate surface area is 123 Å². The van der Waals surface area contributed by atoms with Crippen LogP contribution < -0.4 is 10.6 Å². The molecule has 0 spiro atoms. The highest BCUT2D eigenvalue weighted by molar-refractivity contribution is 7.80. The van der Waals surface area contributed by atoms with Gasteiger partial charge < -0.3 is 20.5 Å². The highest BCUT2D eigenvalue weighted by Crippen LogP contribution is 2.34. The van der Waals surface area contributed by atoms with Crippen molar-refractivity contribution in [3.05, 3.63) is 24.3 Å². The molecule has 0 unspecified atom stereocenters. The molecule has 1 heterocycles. The highest BCUT2D eigenvalue weighted by Gasteiger charge is 2.44. The Hall–Kier alpha value is -1.66. The van der Waals surface area contributed by atoms with Crippen molar-refractivity contribution in [2.75, 3.05) is 25.2 Å². The molecule has 2 rings (SSSR count). The topological polar surface area (TPSA) is 75.8 Å². The van der Waals surface area contributed by atoms with Crippen molar-refractivity contribution in [2.45, 2.75) is 12.8 Å². The van der Waals surface area contributed by atoms with Crippen LogP contribution in [0.25, 0.3) is 0 Å². The fourth-order valence-electron chi connectivity index (χ4n) is 2.43. The van der Waals surface area contributed by atoms with E-state index < -0.39 is 5.41 Å². The number of benzene rings is 1. The fourth-order valence-corrected chi connectivity index (χ4v) is 2.72. The number of amides is 1. The van der Waals surface area contributed by atoms with Crippen LogP contribution in [0.1, 0.15) is 12.8 Å². The largest absolute Gasteiger partial charge is 0.508 e. The number of rotatable bonds is 3. The van der Waals surface area contributed by atoms with Crippen LogP contribution >= 0.6 is 12.2 Å². The number of phenolic OH excluding ortho intramolecular Hbond substituents is 1. The summed E-state index contributed by atoms with van der Waals surface area (Å²) in [7, 11) is 1.66. The molecule has 3 N–H and O–H groups in total. The number of hydrogen-bond acceptors (Lipinski definition) is 4. The molecule has 0 saturated carbocycles. The normalized spacial score (nSPS) is 17.4. The average Bonchev–Trinajstić information content (AvgIpc) is 2.46. The number of phenols is 1. The molecule has 6 heteroatoms. The molecular formula is C14H18N2O3S. The average molecular weight is 294 g/mol. The first-order valence-corrected chi connectivity index (χ1v) is 6.83. The van der Waals surface area contributed by atoms with Crippen LogP contribution in [0.2, 0.25) is 0 Å². The second kappa shape index (κ2) is 5.76. The van der Waals surface area contributed by atoms with Crippen LogP contribution in [0, 0.1) is 5.41 Å².